The molecule has 1 fully saturated rings. The Morgan fingerprint density at radius 2 is 2.00 bits per heavy atom. The van der Waals surface area contributed by atoms with Crippen molar-refractivity contribution < 1.29 is 4.79 Å². The van der Waals surface area contributed by atoms with E-state index in [0.29, 0.717) is 12.0 Å². The predicted octanol–water partition coefficient (Wildman–Crippen LogP) is 3.10. The van der Waals surface area contributed by atoms with E-state index in [0.717, 1.165) is 44.5 Å². The number of carbonyl (C=O) groups excluding carboxylic acids is 1. The molecule has 21 heavy (non-hydrogen) atoms. The maximum atomic E-state index is 12.6. The summed E-state index contributed by atoms with van der Waals surface area (Å²) >= 11 is 0. The fraction of sp³-hybridized carbons (Fsp3) is 0.611. The molecule has 0 radical (unpaired) electrons. The van der Waals surface area contributed by atoms with Gasteiger partial charge in [0.1, 0.15) is 0 Å². The number of nitrogens with one attached hydrogen (secondary N) is 1. The highest BCUT2D eigenvalue weighted by atomic mass is 16.2. The highest BCUT2D eigenvalue weighted by molar-refractivity contribution is 5.94. The van der Waals surface area contributed by atoms with Crippen molar-refractivity contribution >= 4 is 5.91 Å². The van der Waals surface area contributed by atoms with Crippen LogP contribution in [0, 0.1) is 5.92 Å². The van der Waals surface area contributed by atoms with E-state index < -0.39 is 0 Å². The van der Waals surface area contributed by atoms with Crippen LogP contribution in [-0.2, 0) is 6.42 Å². The van der Waals surface area contributed by atoms with E-state index in [9.17, 15) is 4.79 Å². The third kappa shape index (κ3) is 4.07. The van der Waals surface area contributed by atoms with Gasteiger partial charge in [0, 0.05) is 24.7 Å². The van der Waals surface area contributed by atoms with Crippen molar-refractivity contribution in [3.8, 4) is 0 Å². The summed E-state index contributed by atoms with van der Waals surface area (Å²) in [7, 11) is 0. The van der Waals surface area contributed by atoms with Crippen LogP contribution in [0.2, 0.25) is 0 Å². The van der Waals surface area contributed by atoms with Crippen LogP contribution in [-0.4, -0.2) is 36.5 Å². The normalized spacial score (nSPS) is 22.3. The fourth-order valence-electron chi connectivity index (χ4n) is 3.03. The van der Waals surface area contributed by atoms with Crippen LogP contribution in [0.25, 0.3) is 0 Å². The third-order valence-corrected chi connectivity index (χ3v) is 4.46. The number of carbonyl (C=O) groups is 1. The largest absolute Gasteiger partial charge is 0.338 e. The van der Waals surface area contributed by atoms with Gasteiger partial charge >= 0.3 is 0 Å². The number of hydrogen-bond donors (Lipinski definition) is 1. The average molecular weight is 288 g/mol. The molecule has 2 unspecified atom stereocenters. The van der Waals surface area contributed by atoms with Crippen molar-refractivity contribution in [2.24, 2.45) is 5.92 Å². The molecular formula is C18H28N2O. The molecular weight excluding hydrogens is 260 g/mol. The average Bonchev–Trinajstić information content (AvgIpc) is 2.53. The van der Waals surface area contributed by atoms with Crippen LogP contribution in [0.4, 0.5) is 0 Å². The third-order valence-electron chi connectivity index (χ3n) is 4.46. The number of rotatable bonds is 5. The van der Waals surface area contributed by atoms with Gasteiger partial charge in [0.25, 0.3) is 5.91 Å². The van der Waals surface area contributed by atoms with Gasteiger partial charge in [0.15, 0.2) is 0 Å². The Bertz CT molecular complexity index is 455. The van der Waals surface area contributed by atoms with E-state index >= 15 is 0 Å². The zero-order chi connectivity index (χ0) is 15.2. The second kappa shape index (κ2) is 7.60. The van der Waals surface area contributed by atoms with Crippen molar-refractivity contribution in [3.05, 3.63) is 35.4 Å². The molecule has 1 heterocycles. The highest BCUT2D eigenvalue weighted by Gasteiger charge is 2.28. The molecule has 3 heteroatoms. The lowest BCUT2D eigenvalue weighted by Crippen LogP contribution is -2.50. The van der Waals surface area contributed by atoms with Crippen molar-refractivity contribution in [1.82, 2.24) is 10.2 Å². The van der Waals surface area contributed by atoms with Crippen LogP contribution < -0.4 is 5.32 Å². The minimum atomic E-state index is 0.179. The summed E-state index contributed by atoms with van der Waals surface area (Å²) in [5, 5.41) is 3.60. The Morgan fingerprint density at radius 3 is 2.57 bits per heavy atom. The number of nitrogens with zero attached hydrogens (tertiary/aromatic N) is 1. The molecule has 0 saturated carbocycles. The molecule has 0 spiro atoms. The second-order valence-corrected chi connectivity index (χ2v) is 6.13. The fourth-order valence-corrected chi connectivity index (χ4v) is 3.03. The van der Waals surface area contributed by atoms with Gasteiger partial charge in [-0.25, -0.2) is 0 Å². The van der Waals surface area contributed by atoms with Crippen molar-refractivity contribution in [2.45, 2.75) is 46.1 Å². The van der Waals surface area contributed by atoms with E-state index in [4.69, 9.17) is 0 Å². The SMILES string of the molecule is CCCNC1CCN(C(=O)c2ccc(CC)cc2)CC1C. The van der Waals surface area contributed by atoms with E-state index in [-0.39, 0.29) is 5.91 Å². The number of piperidine rings is 1. The Morgan fingerprint density at radius 1 is 1.29 bits per heavy atom. The minimum absolute atomic E-state index is 0.179. The minimum Gasteiger partial charge on any atom is -0.338 e. The first-order valence-electron chi connectivity index (χ1n) is 8.27. The summed E-state index contributed by atoms with van der Waals surface area (Å²) in [5.41, 5.74) is 2.10. The van der Waals surface area contributed by atoms with Crippen LogP contribution in [0.15, 0.2) is 24.3 Å². The first kappa shape index (κ1) is 16.0. The summed E-state index contributed by atoms with van der Waals surface area (Å²) in [6.45, 7) is 9.35. The first-order chi connectivity index (χ1) is 10.2. The smallest absolute Gasteiger partial charge is 0.253 e. The molecule has 2 atom stereocenters. The van der Waals surface area contributed by atoms with E-state index in [1.807, 2.05) is 17.0 Å². The van der Waals surface area contributed by atoms with Crippen molar-refractivity contribution in [1.29, 1.82) is 0 Å². The zero-order valence-electron chi connectivity index (χ0n) is 13.6. The lowest BCUT2D eigenvalue weighted by atomic mass is 9.93. The molecule has 1 saturated heterocycles. The van der Waals surface area contributed by atoms with Gasteiger partial charge in [-0.05, 0) is 49.4 Å². The van der Waals surface area contributed by atoms with Crippen LogP contribution in [0.1, 0.15) is 49.5 Å². The Hall–Kier alpha value is -1.35. The standard InChI is InChI=1S/C18H28N2O/c1-4-11-19-17-10-12-20(13-14(17)3)18(21)16-8-6-15(5-2)7-9-16/h6-9,14,17,19H,4-5,10-13H2,1-3H3. The molecule has 0 aliphatic carbocycles. The molecule has 116 valence electrons. The van der Waals surface area contributed by atoms with Gasteiger partial charge in [0.2, 0.25) is 0 Å². The van der Waals surface area contributed by atoms with Gasteiger partial charge < -0.3 is 10.2 Å². The summed E-state index contributed by atoms with van der Waals surface area (Å²) in [4.78, 5) is 14.6. The van der Waals surface area contributed by atoms with Gasteiger partial charge in [-0.3, -0.25) is 4.79 Å². The molecule has 0 bridgehead atoms. The van der Waals surface area contributed by atoms with Crippen molar-refractivity contribution in [3.63, 3.8) is 0 Å². The van der Waals surface area contributed by atoms with E-state index in [1.54, 1.807) is 0 Å². The van der Waals surface area contributed by atoms with Gasteiger partial charge in [-0.2, -0.15) is 0 Å². The lowest BCUT2D eigenvalue weighted by Gasteiger charge is -2.37. The van der Waals surface area contributed by atoms with Gasteiger partial charge in [0.05, 0.1) is 0 Å². The van der Waals surface area contributed by atoms with Gasteiger partial charge in [-0.15, -0.1) is 0 Å². The first-order valence-corrected chi connectivity index (χ1v) is 8.27. The van der Waals surface area contributed by atoms with Crippen LogP contribution in [0.3, 0.4) is 0 Å². The topological polar surface area (TPSA) is 32.3 Å². The van der Waals surface area contributed by atoms with E-state index in [2.05, 4.69) is 38.2 Å². The summed E-state index contributed by atoms with van der Waals surface area (Å²) in [6.07, 6.45) is 3.23. The van der Waals surface area contributed by atoms with E-state index in [1.165, 1.54) is 5.56 Å². The number of benzene rings is 1. The number of aryl methyl sites for hydroxylation is 1. The highest BCUT2D eigenvalue weighted by Crippen LogP contribution is 2.19. The molecule has 0 aromatic heterocycles. The quantitative estimate of drug-likeness (QED) is 0.903. The molecule has 3 nitrogen and oxygen atoms in total. The summed E-state index contributed by atoms with van der Waals surface area (Å²) < 4.78 is 0. The maximum absolute atomic E-state index is 12.6. The monoisotopic (exact) mass is 288 g/mol. The van der Waals surface area contributed by atoms with Crippen LogP contribution in [0.5, 0.6) is 0 Å². The Kier molecular flexibility index (Phi) is 5.80. The molecule has 1 aromatic rings. The van der Waals surface area contributed by atoms with Crippen LogP contribution >= 0.6 is 0 Å². The zero-order valence-corrected chi connectivity index (χ0v) is 13.6. The number of amides is 1. The Labute approximate surface area is 128 Å². The van der Waals surface area contributed by atoms with Gasteiger partial charge in [-0.1, -0.05) is 32.9 Å². The Balaban J connectivity index is 1.94. The summed E-state index contributed by atoms with van der Waals surface area (Å²) in [5.74, 6) is 0.697. The number of hydrogen-bond acceptors (Lipinski definition) is 2. The maximum Gasteiger partial charge on any atom is 0.253 e. The molecule has 1 aliphatic heterocycles. The lowest BCUT2D eigenvalue weighted by molar-refractivity contribution is 0.0645. The number of likely N-dealkylation sites (tertiary alicyclic amines) is 1. The molecule has 2 rings (SSSR count). The molecule has 1 aliphatic rings. The summed E-state index contributed by atoms with van der Waals surface area (Å²) in [6, 6.07) is 8.61. The second-order valence-electron chi connectivity index (χ2n) is 6.13. The predicted molar refractivity (Wildman–Crippen MR) is 87.6 cm³/mol. The van der Waals surface area contributed by atoms with Crippen molar-refractivity contribution in [2.75, 3.05) is 19.6 Å². The molecule has 1 amide bonds. The molecule has 1 N–H and O–H groups in total. The molecule has 1 aromatic carbocycles.